The van der Waals surface area contributed by atoms with Crippen LogP contribution in [0.15, 0.2) is 16.5 Å². The van der Waals surface area contributed by atoms with E-state index in [1.807, 2.05) is 11.8 Å². The van der Waals surface area contributed by atoms with Crippen LogP contribution in [0.3, 0.4) is 0 Å². The zero-order valence-corrected chi connectivity index (χ0v) is 14.8. The third kappa shape index (κ3) is 2.91. The quantitative estimate of drug-likeness (QED) is 0.893. The highest BCUT2D eigenvalue weighted by Crippen LogP contribution is 2.45. The monoisotopic (exact) mass is 324 g/mol. The first-order chi connectivity index (χ1) is 9.97. The topological polar surface area (TPSA) is 55.1 Å². The fraction of sp³-hybridized carbons (Fsp3) is 0.562. The molecular formula is C16H24N2OS2. The molecule has 1 heterocycles. The lowest BCUT2D eigenvalue weighted by molar-refractivity contribution is 0.0967. The van der Waals surface area contributed by atoms with Gasteiger partial charge in [0.15, 0.2) is 0 Å². The molecule has 0 aliphatic heterocycles. The van der Waals surface area contributed by atoms with Gasteiger partial charge in [0.05, 0.1) is 4.88 Å². The van der Waals surface area contributed by atoms with Gasteiger partial charge in [0.25, 0.3) is 5.91 Å². The van der Waals surface area contributed by atoms with E-state index in [9.17, 15) is 4.79 Å². The van der Waals surface area contributed by atoms with Gasteiger partial charge in [-0.25, -0.2) is 0 Å². The van der Waals surface area contributed by atoms with E-state index in [4.69, 9.17) is 5.73 Å². The first-order valence-electron chi connectivity index (χ1n) is 7.36. The molecule has 1 amide bonds. The van der Waals surface area contributed by atoms with Crippen molar-refractivity contribution in [2.24, 2.45) is 5.73 Å². The molecule has 0 fully saturated rings. The van der Waals surface area contributed by atoms with Crippen LogP contribution in [-0.2, 0) is 11.8 Å². The van der Waals surface area contributed by atoms with Gasteiger partial charge < -0.3 is 11.1 Å². The highest BCUT2D eigenvalue weighted by Gasteiger charge is 2.35. The molecule has 0 radical (unpaired) electrons. The van der Waals surface area contributed by atoms with E-state index < -0.39 is 0 Å². The van der Waals surface area contributed by atoms with Crippen LogP contribution in [0.5, 0.6) is 0 Å². The second kappa shape index (κ2) is 6.55. The average molecular weight is 325 g/mol. The molecule has 0 bridgehead atoms. The summed E-state index contributed by atoms with van der Waals surface area (Å²) in [7, 11) is 1.68. The number of hydrogen-bond acceptors (Lipinski definition) is 4. The van der Waals surface area contributed by atoms with Crippen LogP contribution in [0.2, 0.25) is 0 Å². The largest absolute Gasteiger partial charge is 0.354 e. The number of amides is 1. The van der Waals surface area contributed by atoms with Crippen LogP contribution in [0.1, 0.15) is 47.3 Å². The van der Waals surface area contributed by atoms with Gasteiger partial charge in [-0.3, -0.25) is 4.79 Å². The molecule has 5 heteroatoms. The third-order valence-corrected chi connectivity index (χ3v) is 6.75. The second-order valence-corrected chi connectivity index (χ2v) is 8.04. The number of rotatable bonds is 4. The van der Waals surface area contributed by atoms with Gasteiger partial charge in [-0.1, -0.05) is 19.4 Å². The van der Waals surface area contributed by atoms with E-state index in [2.05, 4.69) is 32.2 Å². The lowest BCUT2D eigenvalue weighted by atomic mass is 9.77. The number of fused-ring (bicyclic) bond motifs is 1. The number of hydrogen-bond donors (Lipinski definition) is 2. The van der Waals surface area contributed by atoms with E-state index in [0.29, 0.717) is 6.54 Å². The van der Waals surface area contributed by atoms with Gasteiger partial charge >= 0.3 is 0 Å². The van der Waals surface area contributed by atoms with Crippen molar-refractivity contribution < 1.29 is 4.79 Å². The van der Waals surface area contributed by atoms with E-state index >= 15 is 0 Å². The number of aryl methyl sites for hydroxylation is 1. The molecule has 1 aliphatic rings. The molecule has 3 N–H and O–H groups in total. The van der Waals surface area contributed by atoms with E-state index in [-0.39, 0.29) is 11.3 Å². The molecule has 0 saturated carbocycles. The lowest BCUT2D eigenvalue weighted by Crippen LogP contribution is -2.33. The van der Waals surface area contributed by atoms with Crippen molar-refractivity contribution in [3.63, 3.8) is 0 Å². The van der Waals surface area contributed by atoms with E-state index in [1.54, 1.807) is 18.4 Å². The minimum atomic E-state index is -0.161. The maximum absolute atomic E-state index is 11.9. The zero-order chi connectivity index (χ0) is 15.6. The van der Waals surface area contributed by atoms with Crippen molar-refractivity contribution in [1.29, 1.82) is 0 Å². The standard InChI is InChI=1S/C16H24N2OS2/c1-5-20-12-6-7-13-11(16(3,9-17)10(12)2)8-14(21-13)15(19)18-4/h8H,5-7,9,17H2,1-4H3,(H,18,19). The molecular weight excluding hydrogens is 300 g/mol. The smallest absolute Gasteiger partial charge is 0.261 e. The Morgan fingerprint density at radius 2 is 2.24 bits per heavy atom. The zero-order valence-electron chi connectivity index (χ0n) is 13.2. The first-order valence-corrected chi connectivity index (χ1v) is 9.16. The number of allylic oxidation sites excluding steroid dienone is 1. The fourth-order valence-electron chi connectivity index (χ4n) is 2.86. The molecule has 0 saturated heterocycles. The highest BCUT2D eigenvalue weighted by atomic mass is 32.2. The molecule has 0 spiro atoms. The SMILES string of the molecule is CCSC1=C(C)C(C)(CN)c2cc(C(=O)NC)sc2CC1. The maximum atomic E-state index is 11.9. The van der Waals surface area contributed by atoms with E-state index in [0.717, 1.165) is 23.5 Å². The predicted octanol–water partition coefficient (Wildman–Crippen LogP) is 3.30. The van der Waals surface area contributed by atoms with Crippen LogP contribution in [0.25, 0.3) is 0 Å². The number of nitrogens with two attached hydrogens (primary N) is 1. The summed E-state index contributed by atoms with van der Waals surface area (Å²) in [5.41, 5.74) is 8.61. The van der Waals surface area contributed by atoms with Crippen LogP contribution >= 0.6 is 23.1 Å². The summed E-state index contributed by atoms with van der Waals surface area (Å²) in [5, 5.41) is 2.72. The van der Waals surface area contributed by atoms with Gasteiger partial charge in [0, 0.05) is 23.9 Å². The highest BCUT2D eigenvalue weighted by molar-refractivity contribution is 8.03. The van der Waals surface area contributed by atoms with Gasteiger partial charge in [-0.15, -0.1) is 23.1 Å². The van der Waals surface area contributed by atoms with Gasteiger partial charge in [-0.2, -0.15) is 0 Å². The third-order valence-electron chi connectivity index (χ3n) is 4.41. The fourth-order valence-corrected chi connectivity index (χ4v) is 5.13. The van der Waals surface area contributed by atoms with E-state index in [1.165, 1.54) is 20.9 Å². The van der Waals surface area contributed by atoms with Crippen molar-refractivity contribution >= 4 is 29.0 Å². The Morgan fingerprint density at radius 3 is 2.81 bits per heavy atom. The number of nitrogens with one attached hydrogen (secondary N) is 1. The number of thioether (sulfide) groups is 1. The average Bonchev–Trinajstić information content (AvgIpc) is 2.90. The summed E-state index contributed by atoms with van der Waals surface area (Å²) >= 11 is 3.55. The Labute approximate surface area is 135 Å². The van der Waals surface area contributed by atoms with Gasteiger partial charge in [0.2, 0.25) is 0 Å². The summed E-state index contributed by atoms with van der Waals surface area (Å²) in [6.45, 7) is 7.18. The van der Waals surface area contributed by atoms with Gasteiger partial charge in [-0.05, 0) is 42.1 Å². The molecule has 1 aromatic heterocycles. The predicted molar refractivity (Wildman–Crippen MR) is 93.3 cm³/mol. The number of carbonyl (C=O) groups is 1. The molecule has 0 aromatic carbocycles. The normalized spacial score (nSPS) is 22.0. The summed E-state index contributed by atoms with van der Waals surface area (Å²) in [4.78, 5) is 15.5. The molecule has 1 aliphatic carbocycles. The molecule has 21 heavy (non-hydrogen) atoms. The maximum Gasteiger partial charge on any atom is 0.261 e. The minimum absolute atomic E-state index is 0.00256. The van der Waals surface area contributed by atoms with Crippen molar-refractivity contribution in [2.45, 2.75) is 39.0 Å². The van der Waals surface area contributed by atoms with Crippen molar-refractivity contribution in [3.05, 3.63) is 31.9 Å². The molecule has 1 atom stereocenters. The van der Waals surface area contributed by atoms with Crippen molar-refractivity contribution in [3.8, 4) is 0 Å². The Kier molecular flexibility index (Phi) is 5.17. The van der Waals surface area contributed by atoms with Crippen LogP contribution in [-0.4, -0.2) is 25.3 Å². The Bertz CT molecular complexity index is 577. The van der Waals surface area contributed by atoms with Crippen molar-refractivity contribution in [2.75, 3.05) is 19.3 Å². The Morgan fingerprint density at radius 1 is 1.52 bits per heavy atom. The van der Waals surface area contributed by atoms with Crippen LogP contribution in [0, 0.1) is 0 Å². The summed E-state index contributed by atoms with van der Waals surface area (Å²) in [6.07, 6.45) is 2.06. The Hall–Kier alpha value is -0.780. The number of thiophene rings is 1. The second-order valence-electron chi connectivity index (χ2n) is 5.54. The minimum Gasteiger partial charge on any atom is -0.354 e. The summed E-state index contributed by atoms with van der Waals surface area (Å²) in [5.74, 6) is 1.09. The molecule has 1 aromatic rings. The number of carbonyl (C=O) groups excluding carboxylic acids is 1. The molecule has 2 rings (SSSR count). The first kappa shape index (κ1) is 16.6. The van der Waals surface area contributed by atoms with Crippen molar-refractivity contribution in [1.82, 2.24) is 5.32 Å². The molecule has 3 nitrogen and oxygen atoms in total. The lowest BCUT2D eigenvalue weighted by Gasteiger charge is -2.30. The summed E-state index contributed by atoms with van der Waals surface area (Å²) < 4.78 is 0. The molecule has 1 unspecified atom stereocenters. The van der Waals surface area contributed by atoms with Crippen LogP contribution < -0.4 is 11.1 Å². The Balaban J connectivity index is 2.53. The van der Waals surface area contributed by atoms with Gasteiger partial charge in [0.1, 0.15) is 0 Å². The summed E-state index contributed by atoms with van der Waals surface area (Å²) in [6, 6.07) is 2.05. The molecule has 116 valence electrons. The van der Waals surface area contributed by atoms with Crippen LogP contribution in [0.4, 0.5) is 0 Å².